The van der Waals surface area contributed by atoms with Crippen molar-refractivity contribution in [3.8, 4) is 0 Å². The maximum Gasteiger partial charge on any atom is 0.227 e. The van der Waals surface area contributed by atoms with E-state index in [0.29, 0.717) is 24.2 Å². The van der Waals surface area contributed by atoms with Gasteiger partial charge in [0.25, 0.3) is 0 Å². The molecule has 0 unspecified atom stereocenters. The lowest BCUT2D eigenvalue weighted by Gasteiger charge is -2.08. The number of furan rings is 1. The van der Waals surface area contributed by atoms with E-state index >= 15 is 0 Å². The summed E-state index contributed by atoms with van der Waals surface area (Å²) in [6, 6.07) is 10.9. The van der Waals surface area contributed by atoms with Crippen LogP contribution in [-0.4, -0.2) is 11.8 Å². The Morgan fingerprint density at radius 2 is 1.86 bits per heavy atom. The highest BCUT2D eigenvalue weighted by Gasteiger charge is 2.29. The molecule has 2 N–H and O–H groups in total. The molecule has 1 saturated carbocycles. The van der Waals surface area contributed by atoms with E-state index in [4.69, 9.17) is 4.42 Å². The minimum Gasteiger partial charge on any atom is -0.469 e. The van der Waals surface area contributed by atoms with Gasteiger partial charge in [0.05, 0.1) is 6.26 Å². The minimum atomic E-state index is -0.0814. The molecule has 1 aliphatic rings. The lowest BCUT2D eigenvalue weighted by atomic mass is 10.2. The van der Waals surface area contributed by atoms with E-state index in [1.165, 1.54) is 0 Å². The molecule has 0 aliphatic heterocycles. The Balaban J connectivity index is 1.52. The average molecular weight is 298 g/mol. The first kappa shape index (κ1) is 14.4. The van der Waals surface area contributed by atoms with E-state index in [0.717, 1.165) is 18.6 Å². The minimum absolute atomic E-state index is 0.0568. The normalized spacial score (nSPS) is 13.6. The van der Waals surface area contributed by atoms with Gasteiger partial charge in [-0.25, -0.2) is 0 Å². The van der Waals surface area contributed by atoms with E-state index in [2.05, 4.69) is 10.6 Å². The zero-order valence-corrected chi connectivity index (χ0v) is 12.2. The Hall–Kier alpha value is -2.56. The smallest absolute Gasteiger partial charge is 0.227 e. The third-order valence-electron chi connectivity index (χ3n) is 3.54. The molecule has 1 aliphatic carbocycles. The molecule has 0 bridgehead atoms. The number of aryl methyl sites for hydroxylation is 1. The van der Waals surface area contributed by atoms with Crippen LogP contribution in [0.4, 0.5) is 11.4 Å². The second-order valence-corrected chi connectivity index (χ2v) is 5.47. The molecule has 1 aromatic carbocycles. The van der Waals surface area contributed by atoms with Crippen molar-refractivity contribution in [3.63, 3.8) is 0 Å². The highest BCUT2D eigenvalue weighted by atomic mass is 16.3. The summed E-state index contributed by atoms with van der Waals surface area (Å²) in [7, 11) is 0. The molecule has 0 saturated heterocycles. The number of anilines is 2. The molecule has 0 atom stereocenters. The first-order valence-corrected chi connectivity index (χ1v) is 7.44. The van der Waals surface area contributed by atoms with Gasteiger partial charge < -0.3 is 15.1 Å². The second-order valence-electron chi connectivity index (χ2n) is 5.47. The summed E-state index contributed by atoms with van der Waals surface area (Å²) >= 11 is 0. The molecule has 3 rings (SSSR count). The summed E-state index contributed by atoms with van der Waals surface area (Å²) in [5.74, 6) is 0.926. The zero-order valence-electron chi connectivity index (χ0n) is 12.2. The van der Waals surface area contributed by atoms with E-state index in [1.807, 2.05) is 18.2 Å². The summed E-state index contributed by atoms with van der Waals surface area (Å²) < 4.78 is 5.20. The van der Waals surface area contributed by atoms with Gasteiger partial charge in [-0.15, -0.1) is 0 Å². The van der Waals surface area contributed by atoms with Crippen LogP contribution in [0, 0.1) is 5.92 Å². The summed E-state index contributed by atoms with van der Waals surface area (Å²) in [5.41, 5.74) is 1.39. The summed E-state index contributed by atoms with van der Waals surface area (Å²) in [4.78, 5) is 23.7. The van der Waals surface area contributed by atoms with Crippen molar-refractivity contribution in [2.45, 2.75) is 25.7 Å². The molecule has 5 nitrogen and oxygen atoms in total. The fourth-order valence-electron chi connectivity index (χ4n) is 2.18. The number of carbonyl (C=O) groups excluding carboxylic acids is 2. The van der Waals surface area contributed by atoms with Crippen LogP contribution in [0.25, 0.3) is 0 Å². The van der Waals surface area contributed by atoms with E-state index in [1.54, 1.807) is 24.5 Å². The molecule has 22 heavy (non-hydrogen) atoms. The molecule has 1 fully saturated rings. The molecular formula is C17H18N2O3. The van der Waals surface area contributed by atoms with Gasteiger partial charge in [-0.2, -0.15) is 0 Å². The lowest BCUT2D eigenvalue weighted by molar-refractivity contribution is -0.117. The first-order chi connectivity index (χ1) is 10.7. The fourth-order valence-corrected chi connectivity index (χ4v) is 2.18. The van der Waals surface area contributed by atoms with Crippen LogP contribution in [0.15, 0.2) is 47.1 Å². The van der Waals surface area contributed by atoms with Crippen molar-refractivity contribution in [3.05, 3.63) is 48.4 Å². The predicted octanol–water partition coefficient (Wildman–Crippen LogP) is 3.20. The van der Waals surface area contributed by atoms with E-state index in [9.17, 15) is 9.59 Å². The van der Waals surface area contributed by atoms with Gasteiger partial charge in [-0.05, 0) is 43.2 Å². The molecule has 5 heteroatoms. The van der Waals surface area contributed by atoms with Crippen molar-refractivity contribution in [1.82, 2.24) is 0 Å². The van der Waals surface area contributed by atoms with Gasteiger partial charge in [0.15, 0.2) is 0 Å². The number of hydrogen-bond acceptors (Lipinski definition) is 3. The zero-order chi connectivity index (χ0) is 15.4. The van der Waals surface area contributed by atoms with Crippen LogP contribution < -0.4 is 10.6 Å². The van der Waals surface area contributed by atoms with Crippen molar-refractivity contribution in [2.75, 3.05) is 10.6 Å². The topological polar surface area (TPSA) is 71.3 Å². The molecule has 0 radical (unpaired) electrons. The summed E-state index contributed by atoms with van der Waals surface area (Å²) in [5, 5.41) is 5.70. The van der Waals surface area contributed by atoms with Crippen molar-refractivity contribution in [2.24, 2.45) is 5.92 Å². The number of amides is 2. The predicted molar refractivity (Wildman–Crippen MR) is 83.5 cm³/mol. The molecule has 114 valence electrons. The maximum atomic E-state index is 11.9. The van der Waals surface area contributed by atoms with Gasteiger partial charge in [0.1, 0.15) is 5.76 Å². The van der Waals surface area contributed by atoms with Crippen molar-refractivity contribution >= 4 is 23.2 Å². The van der Waals surface area contributed by atoms with Crippen molar-refractivity contribution in [1.29, 1.82) is 0 Å². The number of carbonyl (C=O) groups is 2. The Morgan fingerprint density at radius 1 is 1.09 bits per heavy atom. The van der Waals surface area contributed by atoms with Gasteiger partial charge in [0.2, 0.25) is 11.8 Å². The van der Waals surface area contributed by atoms with Crippen LogP contribution >= 0.6 is 0 Å². The monoisotopic (exact) mass is 298 g/mol. The number of nitrogens with one attached hydrogen (secondary N) is 2. The SMILES string of the molecule is O=C(CCc1ccco1)Nc1cccc(NC(=O)C2CC2)c1. The van der Waals surface area contributed by atoms with Gasteiger partial charge >= 0.3 is 0 Å². The maximum absolute atomic E-state index is 11.9. The Kier molecular flexibility index (Phi) is 4.23. The third kappa shape index (κ3) is 3.97. The number of hydrogen-bond donors (Lipinski definition) is 2. The Labute approximate surface area is 128 Å². The Bertz CT molecular complexity index is 660. The van der Waals surface area contributed by atoms with Crippen LogP contribution in [0.2, 0.25) is 0 Å². The van der Waals surface area contributed by atoms with Gasteiger partial charge in [-0.3, -0.25) is 9.59 Å². The van der Waals surface area contributed by atoms with Crippen LogP contribution in [0.1, 0.15) is 25.0 Å². The molecule has 0 spiro atoms. The molecule has 2 amide bonds. The largest absolute Gasteiger partial charge is 0.469 e. The molecular weight excluding hydrogens is 280 g/mol. The lowest BCUT2D eigenvalue weighted by Crippen LogP contribution is -2.15. The van der Waals surface area contributed by atoms with Crippen molar-refractivity contribution < 1.29 is 14.0 Å². The summed E-state index contributed by atoms with van der Waals surface area (Å²) in [6.07, 6.45) is 4.45. The Morgan fingerprint density at radius 3 is 2.55 bits per heavy atom. The standard InChI is InChI=1S/C17H18N2O3/c20-16(9-8-15-5-2-10-22-15)18-13-3-1-4-14(11-13)19-17(21)12-6-7-12/h1-5,10-12H,6-9H2,(H,18,20)(H,19,21). The number of benzene rings is 1. The van der Waals surface area contributed by atoms with Gasteiger partial charge in [-0.1, -0.05) is 6.07 Å². The summed E-state index contributed by atoms with van der Waals surface area (Å²) in [6.45, 7) is 0. The second kappa shape index (κ2) is 6.47. The first-order valence-electron chi connectivity index (χ1n) is 7.44. The average Bonchev–Trinajstić information content (AvgIpc) is 3.23. The molecule has 1 aromatic heterocycles. The fraction of sp³-hybridized carbons (Fsp3) is 0.294. The highest BCUT2D eigenvalue weighted by Crippen LogP contribution is 2.30. The molecule has 1 heterocycles. The van der Waals surface area contributed by atoms with Crippen LogP contribution in [-0.2, 0) is 16.0 Å². The van der Waals surface area contributed by atoms with E-state index in [-0.39, 0.29) is 17.7 Å². The highest BCUT2D eigenvalue weighted by molar-refractivity contribution is 5.95. The van der Waals surface area contributed by atoms with Crippen LogP contribution in [0.3, 0.4) is 0 Å². The van der Waals surface area contributed by atoms with Gasteiger partial charge in [0, 0.05) is 30.1 Å². The van der Waals surface area contributed by atoms with Crippen LogP contribution in [0.5, 0.6) is 0 Å². The number of rotatable bonds is 6. The molecule has 2 aromatic rings. The third-order valence-corrected chi connectivity index (χ3v) is 3.54. The van der Waals surface area contributed by atoms with E-state index < -0.39 is 0 Å². The quantitative estimate of drug-likeness (QED) is 0.860.